The maximum absolute atomic E-state index is 13.1. The molecule has 1 aliphatic carbocycles. The zero-order chi connectivity index (χ0) is 22.1. The fraction of sp³-hybridized carbons (Fsp3) is 0.708. The average Bonchev–Trinajstić information content (AvgIpc) is 3.44. The first-order valence-electron chi connectivity index (χ1n) is 12.3. The van der Waals surface area contributed by atoms with Crippen molar-refractivity contribution in [1.82, 2.24) is 25.2 Å². The number of fused-ring (bicyclic) bond motifs is 1. The summed E-state index contributed by atoms with van der Waals surface area (Å²) in [6.45, 7) is 6.84. The van der Waals surface area contributed by atoms with E-state index in [9.17, 15) is 4.79 Å². The second kappa shape index (κ2) is 9.16. The molecule has 5 rings (SSSR count). The zero-order valence-electron chi connectivity index (χ0n) is 19.3. The largest absolute Gasteiger partial charge is 0.356 e. The highest BCUT2D eigenvalue weighted by Crippen LogP contribution is 2.35. The Balaban J connectivity index is 1.38. The molecule has 4 heterocycles. The van der Waals surface area contributed by atoms with Crippen molar-refractivity contribution in [1.29, 1.82) is 0 Å². The Morgan fingerprint density at radius 3 is 2.59 bits per heavy atom. The van der Waals surface area contributed by atoms with Gasteiger partial charge in [0.2, 0.25) is 5.91 Å². The van der Waals surface area contributed by atoms with Crippen LogP contribution >= 0.6 is 0 Å². The summed E-state index contributed by atoms with van der Waals surface area (Å²) < 4.78 is 4.77. The molecule has 2 fully saturated rings. The fourth-order valence-electron chi connectivity index (χ4n) is 5.71. The van der Waals surface area contributed by atoms with E-state index in [-0.39, 0.29) is 18.4 Å². The van der Waals surface area contributed by atoms with Crippen molar-refractivity contribution in [2.45, 2.75) is 84.1 Å². The van der Waals surface area contributed by atoms with Gasteiger partial charge < -0.3 is 9.80 Å². The van der Waals surface area contributed by atoms with Crippen molar-refractivity contribution in [2.75, 3.05) is 24.5 Å². The lowest BCUT2D eigenvalue weighted by Crippen LogP contribution is -2.37. The number of carbonyl (C=O) groups is 1. The minimum atomic E-state index is -0.0647. The molecule has 8 nitrogen and oxygen atoms in total. The molecule has 0 radical (unpaired) electrons. The van der Waals surface area contributed by atoms with E-state index in [0.717, 1.165) is 62.2 Å². The molecule has 1 amide bonds. The lowest BCUT2D eigenvalue weighted by molar-refractivity contribution is -0.131. The maximum atomic E-state index is 13.1. The molecule has 172 valence electrons. The Kier molecular flexibility index (Phi) is 6.11. The standard InChI is InChI=1S/C24H34N6O2/c1-16-19-10-6-12-29(15-18-8-4-3-5-9-18)24(19)26-23(25-16)21-11-7-13-30(21)22(31)14-20-17(2)27-32-28-20/h18,21H,3-15H2,1-2H3/t21-/m1/s1. The number of aryl methyl sites for hydroxylation is 2. The van der Waals surface area contributed by atoms with Crippen molar-refractivity contribution in [3.8, 4) is 0 Å². The van der Waals surface area contributed by atoms with Crippen LogP contribution in [0.25, 0.3) is 0 Å². The van der Waals surface area contributed by atoms with Gasteiger partial charge in [0.15, 0.2) is 5.82 Å². The number of hydrogen-bond acceptors (Lipinski definition) is 7. The molecule has 1 atom stereocenters. The fourth-order valence-corrected chi connectivity index (χ4v) is 5.71. The number of nitrogens with zero attached hydrogens (tertiary/aromatic N) is 6. The monoisotopic (exact) mass is 438 g/mol. The van der Waals surface area contributed by atoms with E-state index in [4.69, 9.17) is 14.6 Å². The molecule has 0 bridgehead atoms. The predicted octanol–water partition coefficient (Wildman–Crippen LogP) is 3.72. The Labute approximate surface area is 189 Å². The number of likely N-dealkylation sites (tertiary alicyclic amines) is 1. The first-order chi connectivity index (χ1) is 15.6. The smallest absolute Gasteiger partial charge is 0.229 e. The van der Waals surface area contributed by atoms with Crippen molar-refractivity contribution in [2.24, 2.45) is 5.92 Å². The summed E-state index contributed by atoms with van der Waals surface area (Å²) in [7, 11) is 0. The van der Waals surface area contributed by atoms with Gasteiger partial charge in [-0.3, -0.25) is 4.79 Å². The number of aromatic nitrogens is 4. The van der Waals surface area contributed by atoms with Crippen LogP contribution in [0.4, 0.5) is 5.82 Å². The summed E-state index contributed by atoms with van der Waals surface area (Å²) in [6.07, 6.45) is 11.1. The second-order valence-electron chi connectivity index (χ2n) is 9.74. The van der Waals surface area contributed by atoms with Crippen LogP contribution in [-0.2, 0) is 17.6 Å². The lowest BCUT2D eigenvalue weighted by atomic mass is 9.88. The number of carbonyl (C=O) groups excluding carboxylic acids is 1. The molecular formula is C24H34N6O2. The molecule has 0 unspecified atom stereocenters. The molecule has 32 heavy (non-hydrogen) atoms. The Hall–Kier alpha value is -2.51. The van der Waals surface area contributed by atoms with E-state index in [0.29, 0.717) is 11.4 Å². The third-order valence-corrected chi connectivity index (χ3v) is 7.50. The predicted molar refractivity (Wildman–Crippen MR) is 120 cm³/mol. The van der Waals surface area contributed by atoms with Gasteiger partial charge in [0.25, 0.3) is 0 Å². The second-order valence-corrected chi connectivity index (χ2v) is 9.74. The summed E-state index contributed by atoms with van der Waals surface area (Å²) in [5.41, 5.74) is 3.67. The Morgan fingerprint density at radius 2 is 1.81 bits per heavy atom. The molecule has 1 saturated carbocycles. The van der Waals surface area contributed by atoms with Gasteiger partial charge in [-0.2, -0.15) is 0 Å². The van der Waals surface area contributed by atoms with Gasteiger partial charge in [-0.1, -0.05) is 29.6 Å². The molecule has 8 heteroatoms. The topological polar surface area (TPSA) is 88.2 Å². The van der Waals surface area contributed by atoms with Gasteiger partial charge in [0, 0.05) is 30.9 Å². The van der Waals surface area contributed by atoms with Gasteiger partial charge in [-0.05, 0) is 58.3 Å². The lowest BCUT2D eigenvalue weighted by Gasteiger charge is -2.35. The molecule has 0 N–H and O–H groups in total. The van der Waals surface area contributed by atoms with E-state index in [1.54, 1.807) is 0 Å². The van der Waals surface area contributed by atoms with Gasteiger partial charge in [0.05, 0.1) is 12.5 Å². The van der Waals surface area contributed by atoms with E-state index in [1.165, 1.54) is 44.1 Å². The van der Waals surface area contributed by atoms with Gasteiger partial charge in [0.1, 0.15) is 17.2 Å². The van der Waals surface area contributed by atoms with Crippen LogP contribution < -0.4 is 4.90 Å². The number of rotatable bonds is 5. The molecule has 3 aliphatic rings. The molecule has 0 aromatic carbocycles. The SMILES string of the molecule is Cc1nonc1CC(=O)N1CCC[C@@H]1c1nc(C)c2c(n1)N(CC1CCCCC1)CCC2. The van der Waals surface area contributed by atoms with Crippen LogP contribution in [0.3, 0.4) is 0 Å². The minimum absolute atomic E-state index is 0.0457. The van der Waals surface area contributed by atoms with Gasteiger partial charge in [-0.25, -0.2) is 14.6 Å². The van der Waals surface area contributed by atoms with Crippen LogP contribution in [0.1, 0.15) is 85.9 Å². The summed E-state index contributed by atoms with van der Waals surface area (Å²) in [5, 5.41) is 7.69. The van der Waals surface area contributed by atoms with Crippen molar-refractivity contribution in [3.63, 3.8) is 0 Å². The highest BCUT2D eigenvalue weighted by atomic mass is 16.6. The summed E-state index contributed by atoms with van der Waals surface area (Å²) in [5.74, 6) is 2.75. The maximum Gasteiger partial charge on any atom is 0.229 e. The number of hydrogen-bond donors (Lipinski definition) is 0. The minimum Gasteiger partial charge on any atom is -0.356 e. The third kappa shape index (κ3) is 4.24. The Morgan fingerprint density at radius 1 is 0.969 bits per heavy atom. The first kappa shape index (κ1) is 21.3. The van der Waals surface area contributed by atoms with Gasteiger partial charge >= 0.3 is 0 Å². The molecule has 2 aromatic rings. The molecular weight excluding hydrogens is 404 g/mol. The highest BCUT2D eigenvalue weighted by Gasteiger charge is 2.34. The molecule has 1 saturated heterocycles. The molecule has 0 spiro atoms. The summed E-state index contributed by atoms with van der Waals surface area (Å²) >= 11 is 0. The third-order valence-electron chi connectivity index (χ3n) is 7.50. The van der Waals surface area contributed by atoms with E-state index >= 15 is 0 Å². The van der Waals surface area contributed by atoms with E-state index in [1.807, 2.05) is 11.8 Å². The zero-order valence-corrected chi connectivity index (χ0v) is 19.3. The number of anilines is 1. The summed E-state index contributed by atoms with van der Waals surface area (Å²) in [6, 6.07) is -0.0647. The highest BCUT2D eigenvalue weighted by molar-refractivity contribution is 5.79. The van der Waals surface area contributed by atoms with E-state index in [2.05, 4.69) is 22.1 Å². The van der Waals surface area contributed by atoms with E-state index < -0.39 is 0 Å². The van der Waals surface area contributed by atoms with Crippen LogP contribution in [-0.4, -0.2) is 50.7 Å². The van der Waals surface area contributed by atoms with Crippen LogP contribution in [0.15, 0.2) is 4.63 Å². The number of amides is 1. The quantitative estimate of drug-likeness (QED) is 0.703. The average molecular weight is 439 g/mol. The summed E-state index contributed by atoms with van der Waals surface area (Å²) in [4.78, 5) is 27.6. The van der Waals surface area contributed by atoms with Crippen molar-refractivity contribution < 1.29 is 9.42 Å². The van der Waals surface area contributed by atoms with Crippen molar-refractivity contribution >= 4 is 11.7 Å². The normalized spacial score (nSPS) is 21.8. The molecule has 2 aliphatic heterocycles. The van der Waals surface area contributed by atoms with Crippen molar-refractivity contribution in [3.05, 3.63) is 28.5 Å². The van der Waals surface area contributed by atoms with Crippen LogP contribution in [0.5, 0.6) is 0 Å². The molecule has 2 aromatic heterocycles. The Bertz CT molecular complexity index is 967. The van der Waals surface area contributed by atoms with Crippen LogP contribution in [0.2, 0.25) is 0 Å². The van der Waals surface area contributed by atoms with Gasteiger partial charge in [-0.15, -0.1) is 0 Å². The van der Waals surface area contributed by atoms with Crippen LogP contribution in [0, 0.1) is 19.8 Å². The first-order valence-corrected chi connectivity index (χ1v) is 12.3.